The van der Waals surface area contributed by atoms with E-state index in [-0.39, 0.29) is 5.91 Å². The van der Waals surface area contributed by atoms with Gasteiger partial charge in [-0.1, -0.05) is 0 Å². The summed E-state index contributed by atoms with van der Waals surface area (Å²) in [6, 6.07) is 3.45. The van der Waals surface area contributed by atoms with Crippen molar-refractivity contribution in [2.75, 3.05) is 13.6 Å². The molecule has 0 spiro atoms. The number of amides is 1. The summed E-state index contributed by atoms with van der Waals surface area (Å²) in [5.41, 5.74) is 0. The minimum Gasteiger partial charge on any atom is -0.478 e. The molecule has 0 saturated heterocycles. The van der Waals surface area contributed by atoms with Crippen molar-refractivity contribution in [1.82, 2.24) is 4.90 Å². The highest BCUT2D eigenvalue weighted by Crippen LogP contribution is 2.19. The first-order valence-electron chi connectivity index (χ1n) is 4.81. The fraction of sp³-hybridized carbons (Fsp3) is 0.273. The normalized spacial score (nSPS) is 10.6. The lowest BCUT2D eigenvalue weighted by Crippen LogP contribution is -2.25. The van der Waals surface area contributed by atoms with Gasteiger partial charge in [0.05, 0.1) is 4.88 Å². The Morgan fingerprint density at radius 3 is 2.75 bits per heavy atom. The van der Waals surface area contributed by atoms with Gasteiger partial charge in [0.15, 0.2) is 0 Å². The van der Waals surface area contributed by atoms with Gasteiger partial charge in [-0.2, -0.15) is 0 Å². The first-order chi connectivity index (χ1) is 7.54. The van der Waals surface area contributed by atoms with E-state index in [1.807, 2.05) is 6.92 Å². The van der Waals surface area contributed by atoms with Gasteiger partial charge in [-0.15, -0.1) is 11.3 Å². The number of thiophene rings is 1. The van der Waals surface area contributed by atoms with Crippen molar-refractivity contribution in [3.63, 3.8) is 0 Å². The number of hydrogen-bond donors (Lipinski definition) is 1. The lowest BCUT2D eigenvalue weighted by Gasteiger charge is -2.12. The van der Waals surface area contributed by atoms with Crippen LogP contribution in [0.5, 0.6) is 0 Å². The summed E-state index contributed by atoms with van der Waals surface area (Å²) in [4.78, 5) is 25.0. The quantitative estimate of drug-likeness (QED) is 0.817. The van der Waals surface area contributed by atoms with Crippen molar-refractivity contribution < 1.29 is 14.7 Å². The number of carbonyl (C=O) groups is 2. The van der Waals surface area contributed by atoms with Crippen molar-refractivity contribution in [2.45, 2.75) is 6.92 Å². The van der Waals surface area contributed by atoms with Gasteiger partial charge in [0, 0.05) is 24.5 Å². The predicted octanol–water partition coefficient (Wildman–Crippen LogP) is 1.94. The van der Waals surface area contributed by atoms with Crippen molar-refractivity contribution in [3.8, 4) is 0 Å². The smallest absolute Gasteiger partial charge is 0.328 e. The molecule has 16 heavy (non-hydrogen) atoms. The molecular formula is C11H13NO3S. The van der Waals surface area contributed by atoms with E-state index < -0.39 is 5.97 Å². The molecule has 1 aromatic rings. The maximum atomic E-state index is 11.7. The maximum absolute atomic E-state index is 11.7. The SMILES string of the molecule is CCN(C)C(=O)c1ccc(/C=C/C(=O)O)s1. The largest absolute Gasteiger partial charge is 0.478 e. The third-order valence-corrected chi connectivity index (χ3v) is 3.09. The van der Waals surface area contributed by atoms with E-state index in [1.165, 1.54) is 17.4 Å². The summed E-state index contributed by atoms with van der Waals surface area (Å²) < 4.78 is 0. The molecule has 0 radical (unpaired) electrons. The Labute approximate surface area is 97.8 Å². The Balaban J connectivity index is 2.79. The summed E-state index contributed by atoms with van der Waals surface area (Å²) >= 11 is 1.29. The summed E-state index contributed by atoms with van der Waals surface area (Å²) in [6.45, 7) is 2.55. The van der Waals surface area contributed by atoms with Crippen molar-refractivity contribution >= 4 is 29.3 Å². The monoisotopic (exact) mass is 239 g/mol. The zero-order valence-electron chi connectivity index (χ0n) is 9.14. The standard InChI is InChI=1S/C11H13NO3S/c1-3-12(2)11(15)9-6-4-8(16-9)5-7-10(13)14/h4-7H,3H2,1-2H3,(H,13,14)/b7-5+. The third-order valence-electron chi connectivity index (χ3n) is 2.05. The number of nitrogens with zero attached hydrogens (tertiary/aromatic N) is 1. The van der Waals surface area contributed by atoms with Crippen LogP contribution in [0.15, 0.2) is 18.2 Å². The number of carbonyl (C=O) groups excluding carboxylic acids is 1. The van der Waals surface area contributed by atoms with Crippen LogP contribution >= 0.6 is 11.3 Å². The molecule has 1 amide bonds. The molecule has 0 fully saturated rings. The highest BCUT2D eigenvalue weighted by atomic mass is 32.1. The minimum atomic E-state index is -0.994. The fourth-order valence-corrected chi connectivity index (χ4v) is 1.95. The molecule has 4 nitrogen and oxygen atoms in total. The number of rotatable bonds is 4. The van der Waals surface area contributed by atoms with E-state index in [9.17, 15) is 9.59 Å². The van der Waals surface area contributed by atoms with Crippen LogP contribution in [-0.2, 0) is 4.79 Å². The van der Waals surface area contributed by atoms with E-state index in [0.717, 1.165) is 11.0 Å². The summed E-state index contributed by atoms with van der Waals surface area (Å²) in [6.07, 6.45) is 2.54. The molecule has 0 saturated carbocycles. The molecule has 86 valence electrons. The molecule has 0 atom stereocenters. The molecule has 0 aromatic carbocycles. The van der Waals surface area contributed by atoms with E-state index in [0.29, 0.717) is 11.4 Å². The summed E-state index contributed by atoms with van der Waals surface area (Å²) in [5, 5.41) is 8.46. The van der Waals surface area contributed by atoms with Gasteiger partial charge >= 0.3 is 5.97 Å². The molecule has 5 heteroatoms. The van der Waals surface area contributed by atoms with Crippen LogP contribution in [0, 0.1) is 0 Å². The first kappa shape index (κ1) is 12.4. The average Bonchev–Trinajstić information content (AvgIpc) is 2.72. The van der Waals surface area contributed by atoms with Crippen LogP contribution in [0.25, 0.3) is 6.08 Å². The first-order valence-corrected chi connectivity index (χ1v) is 5.62. The average molecular weight is 239 g/mol. The fourth-order valence-electron chi connectivity index (χ4n) is 1.04. The van der Waals surface area contributed by atoms with E-state index >= 15 is 0 Å². The molecule has 0 aliphatic carbocycles. The van der Waals surface area contributed by atoms with E-state index in [1.54, 1.807) is 24.1 Å². The Bertz CT molecular complexity index is 423. The van der Waals surface area contributed by atoms with Gasteiger partial charge in [0.2, 0.25) is 0 Å². The van der Waals surface area contributed by atoms with Gasteiger partial charge in [0.25, 0.3) is 5.91 Å². The molecule has 0 bridgehead atoms. The highest BCUT2D eigenvalue weighted by Gasteiger charge is 2.11. The number of carboxylic acid groups (broad SMARTS) is 1. The maximum Gasteiger partial charge on any atom is 0.328 e. The van der Waals surface area contributed by atoms with Gasteiger partial charge in [-0.3, -0.25) is 4.79 Å². The van der Waals surface area contributed by atoms with Crippen LogP contribution in [0.4, 0.5) is 0 Å². The van der Waals surface area contributed by atoms with Crippen LogP contribution in [0.2, 0.25) is 0 Å². The summed E-state index contributed by atoms with van der Waals surface area (Å²) in [5.74, 6) is -1.03. The van der Waals surface area contributed by atoms with Crippen LogP contribution < -0.4 is 0 Å². The van der Waals surface area contributed by atoms with Crippen molar-refractivity contribution in [2.24, 2.45) is 0 Å². The summed E-state index contributed by atoms with van der Waals surface area (Å²) in [7, 11) is 1.73. The lowest BCUT2D eigenvalue weighted by atomic mass is 10.3. The van der Waals surface area contributed by atoms with Crippen molar-refractivity contribution in [3.05, 3.63) is 28.0 Å². The number of hydrogen-bond acceptors (Lipinski definition) is 3. The topological polar surface area (TPSA) is 57.6 Å². The van der Waals surface area contributed by atoms with Crippen molar-refractivity contribution in [1.29, 1.82) is 0 Å². The molecule has 0 unspecified atom stereocenters. The lowest BCUT2D eigenvalue weighted by molar-refractivity contribution is -0.131. The van der Waals surface area contributed by atoms with Gasteiger partial charge in [-0.05, 0) is 25.1 Å². The van der Waals surface area contributed by atoms with Gasteiger partial charge in [-0.25, -0.2) is 4.79 Å². The molecule has 0 aliphatic heterocycles. The van der Waals surface area contributed by atoms with Crippen LogP contribution in [-0.4, -0.2) is 35.5 Å². The zero-order valence-corrected chi connectivity index (χ0v) is 9.95. The Hall–Kier alpha value is -1.62. The Morgan fingerprint density at radius 2 is 2.19 bits per heavy atom. The third kappa shape index (κ3) is 3.20. The molecule has 1 heterocycles. The second kappa shape index (κ2) is 5.46. The Kier molecular flexibility index (Phi) is 4.25. The highest BCUT2D eigenvalue weighted by molar-refractivity contribution is 7.14. The molecule has 1 aromatic heterocycles. The second-order valence-electron chi connectivity index (χ2n) is 3.19. The number of aliphatic carboxylic acids is 1. The zero-order chi connectivity index (χ0) is 12.1. The molecule has 1 rings (SSSR count). The number of carboxylic acids is 1. The molecular weight excluding hydrogens is 226 g/mol. The van der Waals surface area contributed by atoms with Crippen LogP contribution in [0.1, 0.15) is 21.5 Å². The predicted molar refractivity (Wildman–Crippen MR) is 63.6 cm³/mol. The van der Waals surface area contributed by atoms with E-state index in [4.69, 9.17) is 5.11 Å². The van der Waals surface area contributed by atoms with Gasteiger partial charge < -0.3 is 10.0 Å². The van der Waals surface area contributed by atoms with Crippen LogP contribution in [0.3, 0.4) is 0 Å². The van der Waals surface area contributed by atoms with E-state index in [2.05, 4.69) is 0 Å². The molecule has 0 aliphatic rings. The Morgan fingerprint density at radius 1 is 1.50 bits per heavy atom. The minimum absolute atomic E-state index is 0.0394. The second-order valence-corrected chi connectivity index (χ2v) is 4.31. The van der Waals surface area contributed by atoms with Gasteiger partial charge in [0.1, 0.15) is 0 Å². The molecule has 1 N–H and O–H groups in total.